The van der Waals surface area contributed by atoms with Crippen molar-refractivity contribution in [3.63, 3.8) is 0 Å². The molecule has 1 rings (SSSR count). The van der Waals surface area contributed by atoms with Crippen LogP contribution in [0.2, 0.25) is 0 Å². The summed E-state index contributed by atoms with van der Waals surface area (Å²) in [6.07, 6.45) is 4.52. The minimum Gasteiger partial charge on any atom is -0.508 e. The van der Waals surface area contributed by atoms with E-state index in [1.807, 2.05) is 0 Å². The van der Waals surface area contributed by atoms with Crippen LogP contribution in [0.25, 0.3) is 6.08 Å². The zero-order valence-corrected chi connectivity index (χ0v) is 9.81. The average Bonchev–Trinajstić information content (AvgIpc) is 2.26. The van der Waals surface area contributed by atoms with E-state index in [4.69, 9.17) is 5.11 Å². The molecule has 0 aliphatic carbocycles. The van der Waals surface area contributed by atoms with Crippen LogP contribution in [-0.2, 0) is 9.59 Å². The topological polar surface area (TPSA) is 54.4 Å². The van der Waals surface area contributed by atoms with Crippen LogP contribution in [0.4, 0.5) is 0 Å². The van der Waals surface area contributed by atoms with Gasteiger partial charge in [0.2, 0.25) is 0 Å². The number of allylic oxidation sites excluding steroid dienone is 3. The third-order valence-corrected chi connectivity index (χ3v) is 2.12. The number of phenolic OH excluding ortho intramolecular Hbond substituents is 1. The van der Waals surface area contributed by atoms with Crippen molar-refractivity contribution >= 4 is 17.6 Å². The van der Waals surface area contributed by atoms with Gasteiger partial charge in [0.25, 0.3) is 0 Å². The summed E-state index contributed by atoms with van der Waals surface area (Å²) in [5.74, 6) is -0.0516. The lowest BCUT2D eigenvalue weighted by atomic mass is 10.1. The van der Waals surface area contributed by atoms with Crippen LogP contribution in [0.1, 0.15) is 19.4 Å². The van der Waals surface area contributed by atoms with Gasteiger partial charge in [-0.2, -0.15) is 0 Å². The fourth-order valence-electron chi connectivity index (χ4n) is 1.22. The van der Waals surface area contributed by atoms with E-state index in [1.54, 1.807) is 18.2 Å². The van der Waals surface area contributed by atoms with E-state index in [0.29, 0.717) is 5.57 Å². The molecule has 0 amide bonds. The monoisotopic (exact) mass is 230 g/mol. The molecule has 0 fully saturated rings. The van der Waals surface area contributed by atoms with E-state index >= 15 is 0 Å². The predicted octanol–water partition coefficient (Wildman–Crippen LogP) is 2.51. The van der Waals surface area contributed by atoms with Gasteiger partial charge >= 0.3 is 0 Å². The molecule has 1 N–H and O–H groups in total. The smallest absolute Gasteiger partial charge is 0.159 e. The normalized spacial score (nSPS) is 11.8. The predicted molar refractivity (Wildman–Crippen MR) is 66.6 cm³/mol. The lowest BCUT2D eigenvalue weighted by Gasteiger charge is -1.98. The molecule has 0 aliphatic rings. The van der Waals surface area contributed by atoms with Gasteiger partial charge in [-0.05, 0) is 49.8 Å². The average molecular weight is 230 g/mol. The van der Waals surface area contributed by atoms with Crippen molar-refractivity contribution in [2.24, 2.45) is 0 Å². The number of benzene rings is 1. The number of carbonyl (C=O) groups is 2. The SMILES string of the molecule is CC(=O)C=CC(=Cc1ccc(O)cc1)C(C)=O. The first kappa shape index (κ1) is 12.9. The van der Waals surface area contributed by atoms with Gasteiger partial charge in [-0.3, -0.25) is 9.59 Å². The van der Waals surface area contributed by atoms with Crippen molar-refractivity contribution in [3.8, 4) is 5.75 Å². The second-order valence-electron chi connectivity index (χ2n) is 3.69. The van der Waals surface area contributed by atoms with Gasteiger partial charge in [0.15, 0.2) is 11.6 Å². The molecule has 0 aliphatic heterocycles. The van der Waals surface area contributed by atoms with Crippen molar-refractivity contribution in [2.75, 3.05) is 0 Å². The first-order valence-corrected chi connectivity index (χ1v) is 5.19. The van der Waals surface area contributed by atoms with Crippen LogP contribution in [0.5, 0.6) is 5.75 Å². The maximum Gasteiger partial charge on any atom is 0.159 e. The summed E-state index contributed by atoms with van der Waals surface area (Å²) < 4.78 is 0. The van der Waals surface area contributed by atoms with Crippen LogP contribution in [0.15, 0.2) is 42.0 Å². The van der Waals surface area contributed by atoms with Crippen molar-refractivity contribution < 1.29 is 14.7 Å². The minimum absolute atomic E-state index is 0.108. The van der Waals surface area contributed by atoms with Gasteiger partial charge < -0.3 is 5.11 Å². The first-order chi connectivity index (χ1) is 7.99. The fourth-order valence-corrected chi connectivity index (χ4v) is 1.22. The van der Waals surface area contributed by atoms with Gasteiger partial charge in [-0.15, -0.1) is 0 Å². The second-order valence-corrected chi connectivity index (χ2v) is 3.69. The van der Waals surface area contributed by atoms with Gasteiger partial charge in [-0.25, -0.2) is 0 Å². The van der Waals surface area contributed by atoms with Gasteiger partial charge in [0.1, 0.15) is 5.75 Å². The highest BCUT2D eigenvalue weighted by Gasteiger charge is 2.00. The molecule has 17 heavy (non-hydrogen) atoms. The van der Waals surface area contributed by atoms with E-state index in [-0.39, 0.29) is 17.3 Å². The second kappa shape index (κ2) is 5.80. The van der Waals surface area contributed by atoms with Gasteiger partial charge in [0, 0.05) is 5.57 Å². The van der Waals surface area contributed by atoms with E-state index in [1.165, 1.54) is 38.1 Å². The molecular weight excluding hydrogens is 216 g/mol. The van der Waals surface area contributed by atoms with E-state index in [2.05, 4.69) is 0 Å². The Morgan fingerprint density at radius 2 is 1.65 bits per heavy atom. The number of Topliss-reactive ketones (excluding diaryl/α,β-unsaturated/α-hetero) is 1. The standard InChI is InChI=1S/C14H14O3/c1-10(15)3-6-13(11(2)16)9-12-4-7-14(17)8-5-12/h3-9,17H,1-2H3. The number of carbonyl (C=O) groups excluding carboxylic acids is 2. The first-order valence-electron chi connectivity index (χ1n) is 5.19. The molecule has 0 radical (unpaired) electrons. The number of aromatic hydroxyl groups is 1. The number of hydrogen-bond donors (Lipinski definition) is 1. The molecule has 3 heteroatoms. The zero-order chi connectivity index (χ0) is 12.8. The highest BCUT2D eigenvalue weighted by molar-refractivity contribution is 6.02. The Labute approximate surface area is 100 Å². The van der Waals surface area contributed by atoms with Crippen molar-refractivity contribution in [3.05, 3.63) is 47.6 Å². The quantitative estimate of drug-likeness (QED) is 0.638. The zero-order valence-electron chi connectivity index (χ0n) is 9.81. The Balaban J connectivity index is 3.02. The summed E-state index contributed by atoms with van der Waals surface area (Å²) in [5, 5.41) is 9.13. The van der Waals surface area contributed by atoms with Gasteiger partial charge in [-0.1, -0.05) is 12.1 Å². The Morgan fingerprint density at radius 1 is 1.06 bits per heavy atom. The van der Waals surface area contributed by atoms with Crippen molar-refractivity contribution in [2.45, 2.75) is 13.8 Å². The Bertz CT molecular complexity index is 479. The van der Waals surface area contributed by atoms with Crippen LogP contribution in [0, 0.1) is 0 Å². The molecular formula is C14H14O3. The molecule has 0 saturated carbocycles. The summed E-state index contributed by atoms with van der Waals surface area (Å²) in [5.41, 5.74) is 1.24. The summed E-state index contributed by atoms with van der Waals surface area (Å²) in [6.45, 7) is 2.87. The lowest BCUT2D eigenvalue weighted by molar-refractivity contribution is -0.113. The maximum atomic E-state index is 11.3. The summed E-state index contributed by atoms with van der Waals surface area (Å²) >= 11 is 0. The number of rotatable bonds is 4. The Morgan fingerprint density at radius 3 is 2.12 bits per heavy atom. The maximum absolute atomic E-state index is 11.3. The largest absolute Gasteiger partial charge is 0.508 e. The Kier molecular flexibility index (Phi) is 4.40. The third-order valence-electron chi connectivity index (χ3n) is 2.12. The molecule has 0 atom stereocenters. The summed E-state index contributed by atoms with van der Waals surface area (Å²) in [4.78, 5) is 22.2. The Hall–Kier alpha value is -2.16. The third kappa shape index (κ3) is 4.47. The molecule has 1 aromatic carbocycles. The molecule has 0 unspecified atom stereocenters. The van der Waals surface area contributed by atoms with Crippen LogP contribution in [-0.4, -0.2) is 16.7 Å². The van der Waals surface area contributed by atoms with Crippen LogP contribution >= 0.6 is 0 Å². The molecule has 3 nitrogen and oxygen atoms in total. The minimum atomic E-state index is -0.115. The van der Waals surface area contributed by atoms with E-state index < -0.39 is 0 Å². The highest BCUT2D eigenvalue weighted by atomic mass is 16.3. The molecule has 0 spiro atoms. The number of phenols is 1. The number of ketones is 2. The summed E-state index contributed by atoms with van der Waals surface area (Å²) in [7, 11) is 0. The van der Waals surface area contributed by atoms with Crippen LogP contribution < -0.4 is 0 Å². The fraction of sp³-hybridized carbons (Fsp3) is 0.143. The highest BCUT2D eigenvalue weighted by Crippen LogP contribution is 2.13. The molecule has 0 heterocycles. The number of hydrogen-bond acceptors (Lipinski definition) is 3. The molecule has 0 bridgehead atoms. The van der Waals surface area contributed by atoms with Crippen LogP contribution in [0.3, 0.4) is 0 Å². The lowest BCUT2D eigenvalue weighted by Crippen LogP contribution is -1.94. The van der Waals surface area contributed by atoms with E-state index in [0.717, 1.165) is 5.56 Å². The van der Waals surface area contributed by atoms with Gasteiger partial charge in [0.05, 0.1) is 0 Å². The molecule has 0 saturated heterocycles. The van der Waals surface area contributed by atoms with E-state index in [9.17, 15) is 9.59 Å². The summed E-state index contributed by atoms with van der Waals surface area (Å²) in [6, 6.07) is 6.47. The van der Waals surface area contributed by atoms with Crippen molar-refractivity contribution in [1.29, 1.82) is 0 Å². The molecule has 1 aromatic rings. The molecule has 0 aromatic heterocycles. The molecule has 88 valence electrons. The van der Waals surface area contributed by atoms with Crippen molar-refractivity contribution in [1.82, 2.24) is 0 Å².